The third kappa shape index (κ3) is 3.39. The van der Waals surface area contributed by atoms with Crippen LogP contribution in [0.5, 0.6) is 0 Å². The lowest BCUT2D eigenvalue weighted by molar-refractivity contribution is -0.118. The third-order valence-corrected chi connectivity index (χ3v) is 3.76. The van der Waals surface area contributed by atoms with Gasteiger partial charge < -0.3 is 21.1 Å². The molecule has 1 aliphatic carbocycles. The first kappa shape index (κ1) is 14.1. The van der Waals surface area contributed by atoms with Gasteiger partial charge in [-0.25, -0.2) is 0 Å². The van der Waals surface area contributed by atoms with Crippen LogP contribution in [0.4, 0.5) is 0 Å². The van der Waals surface area contributed by atoms with Gasteiger partial charge in [0.05, 0.1) is 19.0 Å². The Labute approximate surface area is 114 Å². The highest BCUT2D eigenvalue weighted by molar-refractivity contribution is 5.90. The molecular weight excluding hydrogens is 244 g/mol. The molecule has 6 nitrogen and oxygen atoms in total. The average Bonchev–Trinajstić information content (AvgIpc) is 2.86. The number of hydrogen-bond acceptors (Lipinski definition) is 5. The minimum absolute atomic E-state index is 0.201. The van der Waals surface area contributed by atoms with Crippen molar-refractivity contribution in [3.05, 3.63) is 11.5 Å². The number of ether oxygens (including phenoxy) is 1. The number of nitrogens with two attached hydrogens (primary N) is 2. The van der Waals surface area contributed by atoms with Gasteiger partial charge in [-0.3, -0.25) is 10.1 Å². The maximum Gasteiger partial charge on any atom is 0.285 e. The van der Waals surface area contributed by atoms with Crippen LogP contribution in [0.2, 0.25) is 0 Å². The maximum absolute atomic E-state index is 11.7. The smallest absolute Gasteiger partial charge is 0.285 e. The van der Waals surface area contributed by atoms with E-state index in [9.17, 15) is 4.79 Å². The summed E-state index contributed by atoms with van der Waals surface area (Å²) in [6.45, 7) is 6.89. The predicted octanol–water partition coefficient (Wildman–Crippen LogP) is -0.290. The Morgan fingerprint density at radius 2 is 2.21 bits per heavy atom. The molecule has 6 heteroatoms. The summed E-state index contributed by atoms with van der Waals surface area (Å²) in [7, 11) is 0. The van der Waals surface area contributed by atoms with Gasteiger partial charge in [0, 0.05) is 24.5 Å². The Bertz CT molecular complexity index is 382. The van der Waals surface area contributed by atoms with E-state index >= 15 is 0 Å². The minimum atomic E-state index is -0.538. The van der Waals surface area contributed by atoms with Crippen LogP contribution in [0.1, 0.15) is 26.7 Å². The molecule has 0 aromatic heterocycles. The standard InChI is InChI=1S/C13H24N4O2/c1-9(14)10(17-6-5-16-8-17)11(12(15)18)19-7-13(2)3-4-13/h9,16H,3-8,14H2,1-2H3,(H2,15,18). The van der Waals surface area contributed by atoms with Gasteiger partial charge in [0.15, 0.2) is 0 Å². The zero-order valence-corrected chi connectivity index (χ0v) is 11.7. The maximum atomic E-state index is 11.7. The lowest BCUT2D eigenvalue weighted by Gasteiger charge is -2.26. The summed E-state index contributed by atoms with van der Waals surface area (Å²) in [4.78, 5) is 13.7. The van der Waals surface area contributed by atoms with Gasteiger partial charge in [-0.15, -0.1) is 0 Å². The minimum Gasteiger partial charge on any atom is -0.486 e. The monoisotopic (exact) mass is 268 g/mol. The summed E-state index contributed by atoms with van der Waals surface area (Å²) in [6, 6.07) is -0.283. The molecule has 2 rings (SSSR count). The van der Waals surface area contributed by atoms with Crippen molar-refractivity contribution in [3.63, 3.8) is 0 Å². The summed E-state index contributed by atoms with van der Waals surface area (Å²) in [5, 5.41) is 3.21. The van der Waals surface area contributed by atoms with Crippen molar-refractivity contribution in [2.75, 3.05) is 26.4 Å². The molecule has 5 N–H and O–H groups in total. The molecule has 2 aliphatic rings. The molecule has 0 radical (unpaired) electrons. The first-order chi connectivity index (χ1) is 8.93. The topological polar surface area (TPSA) is 93.6 Å². The molecule has 1 unspecified atom stereocenters. The van der Waals surface area contributed by atoms with Crippen molar-refractivity contribution < 1.29 is 9.53 Å². The molecule has 0 aromatic carbocycles. The first-order valence-corrected chi connectivity index (χ1v) is 6.81. The lowest BCUT2D eigenvalue weighted by atomic mass is 10.1. The molecule has 1 atom stereocenters. The Morgan fingerprint density at radius 1 is 1.53 bits per heavy atom. The van der Waals surface area contributed by atoms with Crippen LogP contribution < -0.4 is 16.8 Å². The number of carbonyl (C=O) groups is 1. The SMILES string of the molecule is CC(N)C(=C(OCC1(C)CC1)C(N)=O)N1CCNC1. The molecule has 0 aromatic rings. The summed E-state index contributed by atoms with van der Waals surface area (Å²) >= 11 is 0. The fourth-order valence-corrected chi connectivity index (χ4v) is 2.23. The van der Waals surface area contributed by atoms with Crippen LogP contribution in [0, 0.1) is 5.41 Å². The van der Waals surface area contributed by atoms with E-state index in [1.54, 1.807) is 0 Å². The van der Waals surface area contributed by atoms with E-state index in [0.717, 1.165) is 25.9 Å². The van der Waals surface area contributed by atoms with Crippen molar-refractivity contribution >= 4 is 5.91 Å². The van der Waals surface area contributed by atoms with Crippen molar-refractivity contribution in [2.45, 2.75) is 32.7 Å². The van der Waals surface area contributed by atoms with Gasteiger partial charge >= 0.3 is 0 Å². The fourth-order valence-electron chi connectivity index (χ4n) is 2.23. The molecule has 0 bridgehead atoms. The number of amides is 1. The Morgan fingerprint density at radius 3 is 2.63 bits per heavy atom. The number of carbonyl (C=O) groups excluding carboxylic acids is 1. The van der Waals surface area contributed by atoms with Crippen molar-refractivity contribution in [1.82, 2.24) is 10.2 Å². The Kier molecular flexibility index (Phi) is 4.01. The highest BCUT2D eigenvalue weighted by Crippen LogP contribution is 2.45. The molecule has 1 aliphatic heterocycles. The molecule has 19 heavy (non-hydrogen) atoms. The second kappa shape index (κ2) is 5.38. The number of nitrogens with one attached hydrogen (secondary N) is 1. The van der Waals surface area contributed by atoms with Crippen LogP contribution >= 0.6 is 0 Å². The molecule has 108 valence electrons. The highest BCUT2D eigenvalue weighted by atomic mass is 16.5. The Hall–Kier alpha value is -1.27. The van der Waals surface area contributed by atoms with E-state index in [4.69, 9.17) is 16.2 Å². The molecule has 1 amide bonds. The number of rotatable bonds is 6. The molecule has 2 fully saturated rings. The molecular formula is C13H24N4O2. The molecule has 1 saturated carbocycles. The van der Waals surface area contributed by atoms with E-state index < -0.39 is 5.91 Å². The average molecular weight is 268 g/mol. The van der Waals surface area contributed by atoms with Crippen LogP contribution in [0.3, 0.4) is 0 Å². The van der Waals surface area contributed by atoms with Crippen LogP contribution in [0.25, 0.3) is 0 Å². The zero-order chi connectivity index (χ0) is 14.0. The number of hydrogen-bond donors (Lipinski definition) is 3. The quantitative estimate of drug-likeness (QED) is 0.454. The second-order valence-electron chi connectivity index (χ2n) is 5.89. The summed E-state index contributed by atoms with van der Waals surface area (Å²) in [6.07, 6.45) is 2.27. The number of nitrogens with zero attached hydrogens (tertiary/aromatic N) is 1. The third-order valence-electron chi connectivity index (χ3n) is 3.76. The van der Waals surface area contributed by atoms with E-state index in [-0.39, 0.29) is 17.2 Å². The van der Waals surface area contributed by atoms with Crippen LogP contribution in [0.15, 0.2) is 11.5 Å². The molecule has 1 saturated heterocycles. The van der Waals surface area contributed by atoms with Crippen molar-refractivity contribution in [1.29, 1.82) is 0 Å². The van der Waals surface area contributed by atoms with E-state index in [0.29, 0.717) is 19.0 Å². The van der Waals surface area contributed by atoms with Gasteiger partial charge in [0.2, 0.25) is 5.76 Å². The van der Waals surface area contributed by atoms with E-state index in [2.05, 4.69) is 12.2 Å². The summed E-state index contributed by atoms with van der Waals surface area (Å²) in [5.74, 6) is -0.310. The van der Waals surface area contributed by atoms with E-state index in [1.165, 1.54) is 0 Å². The van der Waals surface area contributed by atoms with Gasteiger partial charge in [-0.05, 0) is 19.8 Å². The van der Waals surface area contributed by atoms with Crippen molar-refractivity contribution in [3.8, 4) is 0 Å². The van der Waals surface area contributed by atoms with Gasteiger partial charge in [0.1, 0.15) is 0 Å². The van der Waals surface area contributed by atoms with Crippen LogP contribution in [-0.2, 0) is 9.53 Å². The first-order valence-electron chi connectivity index (χ1n) is 6.81. The van der Waals surface area contributed by atoms with Gasteiger partial charge in [0.25, 0.3) is 5.91 Å². The second-order valence-corrected chi connectivity index (χ2v) is 5.89. The lowest BCUT2D eigenvalue weighted by Crippen LogP contribution is -2.37. The summed E-state index contributed by atoms with van der Waals surface area (Å²) < 4.78 is 5.72. The predicted molar refractivity (Wildman–Crippen MR) is 72.7 cm³/mol. The van der Waals surface area contributed by atoms with Crippen molar-refractivity contribution in [2.24, 2.45) is 16.9 Å². The fraction of sp³-hybridized carbons (Fsp3) is 0.769. The largest absolute Gasteiger partial charge is 0.486 e. The highest BCUT2D eigenvalue weighted by Gasteiger charge is 2.39. The zero-order valence-electron chi connectivity index (χ0n) is 11.7. The van der Waals surface area contributed by atoms with Crippen LogP contribution in [-0.4, -0.2) is 43.2 Å². The molecule has 1 heterocycles. The summed E-state index contributed by atoms with van der Waals surface area (Å²) in [5.41, 5.74) is 12.4. The van der Waals surface area contributed by atoms with Gasteiger partial charge in [-0.2, -0.15) is 0 Å². The molecule has 0 spiro atoms. The normalized spacial score (nSPS) is 23.8. The number of primary amides is 1. The van der Waals surface area contributed by atoms with Gasteiger partial charge in [-0.1, -0.05) is 6.92 Å². The Balaban J connectivity index is 2.18. The van der Waals surface area contributed by atoms with E-state index in [1.807, 2.05) is 11.8 Å².